The number of hydrogen-bond donors (Lipinski definition) is 0. The van der Waals surface area contributed by atoms with E-state index in [1.165, 1.54) is 32.1 Å². The molecule has 5 rings (SSSR count). The molecule has 0 aromatic heterocycles. The zero-order valence-corrected chi connectivity index (χ0v) is 11.5. The van der Waals surface area contributed by atoms with Gasteiger partial charge in [0.2, 0.25) is 0 Å². The van der Waals surface area contributed by atoms with Gasteiger partial charge in [0.15, 0.2) is 6.29 Å². The standard InChI is InChI=1S/C16H23NO2/c17-10-14-12-5-11-6-13(14)9-16(7-11,8-12)19-15-3-1-2-4-18-15/h11-15H,1-9H2/t11?,12-,13+,14?,15?,16?. The van der Waals surface area contributed by atoms with Crippen molar-refractivity contribution < 1.29 is 9.47 Å². The Hall–Kier alpha value is -0.590. The van der Waals surface area contributed by atoms with Crippen LogP contribution in [0.2, 0.25) is 0 Å². The fourth-order valence-electron chi connectivity index (χ4n) is 5.39. The maximum atomic E-state index is 9.39. The summed E-state index contributed by atoms with van der Waals surface area (Å²) in [7, 11) is 0. The minimum atomic E-state index is 0.0329. The van der Waals surface area contributed by atoms with Gasteiger partial charge < -0.3 is 9.47 Å². The van der Waals surface area contributed by atoms with Crippen molar-refractivity contribution in [1.29, 1.82) is 5.26 Å². The highest BCUT2D eigenvalue weighted by molar-refractivity contribution is 5.11. The number of rotatable bonds is 2. The summed E-state index contributed by atoms with van der Waals surface area (Å²) in [6, 6.07) is 2.58. The van der Waals surface area contributed by atoms with Crippen LogP contribution < -0.4 is 0 Å². The molecule has 1 aliphatic heterocycles. The first kappa shape index (κ1) is 12.2. The molecule has 4 saturated carbocycles. The average Bonchev–Trinajstić information content (AvgIpc) is 2.38. The molecule has 3 heteroatoms. The van der Waals surface area contributed by atoms with Crippen LogP contribution in [0.25, 0.3) is 0 Å². The first-order valence-electron chi connectivity index (χ1n) is 7.97. The lowest BCUT2D eigenvalue weighted by atomic mass is 9.50. The topological polar surface area (TPSA) is 42.2 Å². The SMILES string of the molecule is N#CC1[C@@H]2CC3C[C@H]1CC(OC1CCCCO1)(C3)C2. The van der Waals surface area contributed by atoms with Crippen LogP contribution >= 0.6 is 0 Å². The summed E-state index contributed by atoms with van der Waals surface area (Å²) in [5, 5.41) is 9.39. The van der Waals surface area contributed by atoms with Gasteiger partial charge in [0.1, 0.15) is 0 Å². The molecule has 104 valence electrons. The van der Waals surface area contributed by atoms with E-state index >= 15 is 0 Å². The Morgan fingerprint density at radius 1 is 1.11 bits per heavy atom. The van der Waals surface area contributed by atoms with E-state index < -0.39 is 0 Å². The molecule has 5 aliphatic rings. The highest BCUT2D eigenvalue weighted by Gasteiger charge is 2.56. The molecule has 0 N–H and O–H groups in total. The summed E-state index contributed by atoms with van der Waals surface area (Å²) in [6.45, 7) is 0.859. The van der Waals surface area contributed by atoms with Crippen molar-refractivity contribution in [2.75, 3.05) is 6.61 Å². The maximum absolute atomic E-state index is 9.39. The van der Waals surface area contributed by atoms with Crippen LogP contribution in [-0.2, 0) is 9.47 Å². The molecule has 0 aromatic rings. The molecule has 1 saturated heterocycles. The molecule has 0 amide bonds. The molecule has 4 unspecified atom stereocenters. The first-order chi connectivity index (χ1) is 9.28. The third-order valence-electron chi connectivity index (χ3n) is 5.89. The molecular formula is C16H23NO2. The third-order valence-corrected chi connectivity index (χ3v) is 5.89. The highest BCUT2D eigenvalue weighted by atomic mass is 16.7. The monoisotopic (exact) mass is 261 g/mol. The van der Waals surface area contributed by atoms with E-state index in [-0.39, 0.29) is 11.9 Å². The van der Waals surface area contributed by atoms with E-state index in [0.717, 1.165) is 31.8 Å². The summed E-state index contributed by atoms with van der Waals surface area (Å²) in [5.74, 6) is 2.31. The minimum absolute atomic E-state index is 0.0329. The lowest BCUT2D eigenvalue weighted by Crippen LogP contribution is -2.56. The van der Waals surface area contributed by atoms with Gasteiger partial charge in [-0.15, -0.1) is 0 Å². The Bertz CT molecular complexity index is 380. The molecule has 4 aliphatic carbocycles. The van der Waals surface area contributed by atoms with E-state index in [1.54, 1.807) is 0 Å². The Kier molecular flexibility index (Phi) is 2.86. The largest absolute Gasteiger partial charge is 0.353 e. The molecule has 0 aromatic carbocycles. The second-order valence-corrected chi connectivity index (χ2v) is 7.22. The number of nitrogens with zero attached hydrogens (tertiary/aromatic N) is 1. The van der Waals surface area contributed by atoms with Crippen LogP contribution in [0.1, 0.15) is 51.4 Å². The fraction of sp³-hybridized carbons (Fsp3) is 0.938. The Labute approximate surface area is 115 Å². The highest BCUT2D eigenvalue weighted by Crippen LogP contribution is 2.59. The van der Waals surface area contributed by atoms with Gasteiger partial charge in [-0.05, 0) is 69.1 Å². The minimum Gasteiger partial charge on any atom is -0.353 e. The zero-order chi connectivity index (χ0) is 12.9. The average molecular weight is 261 g/mol. The van der Waals surface area contributed by atoms with Gasteiger partial charge in [0.25, 0.3) is 0 Å². The Morgan fingerprint density at radius 2 is 1.89 bits per heavy atom. The molecule has 3 nitrogen and oxygen atoms in total. The van der Waals surface area contributed by atoms with Gasteiger partial charge >= 0.3 is 0 Å². The van der Waals surface area contributed by atoms with Crippen LogP contribution in [0.15, 0.2) is 0 Å². The van der Waals surface area contributed by atoms with Gasteiger partial charge in [0, 0.05) is 6.61 Å². The van der Waals surface area contributed by atoms with Crippen molar-refractivity contribution in [2.45, 2.75) is 63.3 Å². The van der Waals surface area contributed by atoms with Gasteiger partial charge in [-0.2, -0.15) is 5.26 Å². The lowest BCUT2D eigenvalue weighted by Gasteiger charge is -2.58. The van der Waals surface area contributed by atoms with E-state index in [9.17, 15) is 5.26 Å². The second kappa shape index (κ2) is 4.46. The smallest absolute Gasteiger partial charge is 0.158 e. The molecule has 6 atom stereocenters. The summed E-state index contributed by atoms with van der Waals surface area (Å²) in [5.41, 5.74) is 0.0614. The van der Waals surface area contributed by atoms with Crippen molar-refractivity contribution in [3.05, 3.63) is 0 Å². The molecule has 5 fully saturated rings. The molecule has 1 heterocycles. The summed E-state index contributed by atoms with van der Waals surface area (Å²) in [6.07, 6.45) is 9.48. The van der Waals surface area contributed by atoms with Crippen molar-refractivity contribution in [2.24, 2.45) is 23.7 Å². The summed E-state index contributed by atoms with van der Waals surface area (Å²) in [4.78, 5) is 0. The lowest BCUT2D eigenvalue weighted by molar-refractivity contribution is -0.269. The third kappa shape index (κ3) is 2.00. The Balaban J connectivity index is 1.51. The molecular weight excluding hydrogens is 238 g/mol. The fourth-order valence-corrected chi connectivity index (χ4v) is 5.39. The zero-order valence-electron chi connectivity index (χ0n) is 11.5. The van der Waals surface area contributed by atoms with Crippen molar-refractivity contribution in [3.63, 3.8) is 0 Å². The number of nitriles is 1. The quantitative estimate of drug-likeness (QED) is 0.766. The predicted octanol–water partition coefficient (Wildman–Crippen LogP) is 3.25. The molecule has 0 radical (unpaired) electrons. The number of ether oxygens (including phenoxy) is 2. The van der Waals surface area contributed by atoms with Gasteiger partial charge in [-0.3, -0.25) is 0 Å². The maximum Gasteiger partial charge on any atom is 0.158 e. The van der Waals surface area contributed by atoms with Crippen LogP contribution in [0.4, 0.5) is 0 Å². The van der Waals surface area contributed by atoms with Crippen LogP contribution in [0, 0.1) is 35.0 Å². The normalized spacial score (nSPS) is 52.1. The summed E-state index contributed by atoms with van der Waals surface area (Å²) < 4.78 is 12.2. The molecule has 19 heavy (non-hydrogen) atoms. The van der Waals surface area contributed by atoms with Crippen LogP contribution in [0.5, 0.6) is 0 Å². The Morgan fingerprint density at radius 3 is 2.53 bits per heavy atom. The van der Waals surface area contributed by atoms with Crippen molar-refractivity contribution in [1.82, 2.24) is 0 Å². The summed E-state index contributed by atoms with van der Waals surface area (Å²) >= 11 is 0. The second-order valence-electron chi connectivity index (χ2n) is 7.22. The predicted molar refractivity (Wildman–Crippen MR) is 70.1 cm³/mol. The van der Waals surface area contributed by atoms with Gasteiger partial charge in [0.05, 0.1) is 17.6 Å². The van der Waals surface area contributed by atoms with Crippen LogP contribution in [0.3, 0.4) is 0 Å². The van der Waals surface area contributed by atoms with Crippen molar-refractivity contribution >= 4 is 0 Å². The van der Waals surface area contributed by atoms with Crippen LogP contribution in [-0.4, -0.2) is 18.5 Å². The molecule has 0 spiro atoms. The van der Waals surface area contributed by atoms with E-state index in [0.29, 0.717) is 17.8 Å². The van der Waals surface area contributed by atoms with E-state index in [1.807, 2.05) is 0 Å². The van der Waals surface area contributed by atoms with E-state index in [4.69, 9.17) is 9.47 Å². The van der Waals surface area contributed by atoms with Crippen molar-refractivity contribution in [3.8, 4) is 6.07 Å². The van der Waals surface area contributed by atoms with Gasteiger partial charge in [-0.25, -0.2) is 0 Å². The number of hydrogen-bond acceptors (Lipinski definition) is 3. The first-order valence-corrected chi connectivity index (χ1v) is 7.97. The van der Waals surface area contributed by atoms with E-state index in [2.05, 4.69) is 6.07 Å². The molecule has 4 bridgehead atoms. The van der Waals surface area contributed by atoms with Gasteiger partial charge in [-0.1, -0.05) is 0 Å².